The van der Waals surface area contributed by atoms with Crippen molar-refractivity contribution in [1.29, 1.82) is 0 Å². The Morgan fingerprint density at radius 2 is 2.24 bits per heavy atom. The highest BCUT2D eigenvalue weighted by Gasteiger charge is 2.15. The van der Waals surface area contributed by atoms with Gasteiger partial charge in [0.2, 0.25) is 0 Å². The molecule has 0 fully saturated rings. The molecular formula is C10H11BrN2O4. The summed E-state index contributed by atoms with van der Waals surface area (Å²) in [5.74, 6) is -0.947. The van der Waals surface area contributed by atoms with Gasteiger partial charge in [0.05, 0.1) is 10.6 Å². The molecule has 0 bridgehead atoms. The molecule has 1 N–H and O–H groups in total. The largest absolute Gasteiger partial charge is 0.480 e. The zero-order valence-electron chi connectivity index (χ0n) is 9.09. The zero-order chi connectivity index (χ0) is 13.0. The van der Waals surface area contributed by atoms with Crippen LogP contribution >= 0.6 is 15.9 Å². The standard InChI is InChI=1S/C10H11BrN2O4/c1-2-12(6-10(14)15)9-4-3-7(13(16)17)5-8(9)11/h3-5H,2,6H2,1H3,(H,14,15). The van der Waals surface area contributed by atoms with Crippen LogP contribution in [0, 0.1) is 10.1 Å². The normalized spacial score (nSPS) is 10.0. The van der Waals surface area contributed by atoms with Gasteiger partial charge in [0.15, 0.2) is 0 Å². The van der Waals surface area contributed by atoms with E-state index < -0.39 is 10.9 Å². The van der Waals surface area contributed by atoms with Crippen LogP contribution in [0.5, 0.6) is 0 Å². The van der Waals surface area contributed by atoms with E-state index in [1.807, 2.05) is 6.92 Å². The van der Waals surface area contributed by atoms with Crippen LogP contribution in [-0.2, 0) is 4.79 Å². The molecule has 1 aromatic carbocycles. The molecule has 0 aliphatic heterocycles. The van der Waals surface area contributed by atoms with Crippen molar-refractivity contribution in [2.75, 3.05) is 18.0 Å². The van der Waals surface area contributed by atoms with Gasteiger partial charge in [0.1, 0.15) is 6.54 Å². The highest BCUT2D eigenvalue weighted by Crippen LogP contribution is 2.29. The van der Waals surface area contributed by atoms with Crippen LogP contribution in [0.2, 0.25) is 0 Å². The Morgan fingerprint density at radius 3 is 2.65 bits per heavy atom. The molecule has 17 heavy (non-hydrogen) atoms. The van der Waals surface area contributed by atoms with Gasteiger partial charge >= 0.3 is 5.97 Å². The summed E-state index contributed by atoms with van der Waals surface area (Å²) < 4.78 is 0.509. The fourth-order valence-corrected chi connectivity index (χ4v) is 2.01. The fraction of sp³-hybridized carbons (Fsp3) is 0.300. The number of likely N-dealkylation sites (N-methyl/N-ethyl adjacent to an activating group) is 1. The molecule has 0 aromatic heterocycles. The molecule has 0 saturated heterocycles. The second-order valence-electron chi connectivity index (χ2n) is 3.30. The van der Waals surface area contributed by atoms with Crippen molar-refractivity contribution < 1.29 is 14.8 Å². The third-order valence-corrected chi connectivity index (χ3v) is 2.83. The topological polar surface area (TPSA) is 83.7 Å². The van der Waals surface area contributed by atoms with Crippen LogP contribution in [0.15, 0.2) is 22.7 Å². The smallest absolute Gasteiger partial charge is 0.323 e. The van der Waals surface area contributed by atoms with Crippen molar-refractivity contribution in [1.82, 2.24) is 0 Å². The van der Waals surface area contributed by atoms with Crippen molar-refractivity contribution in [2.45, 2.75) is 6.92 Å². The van der Waals surface area contributed by atoms with Crippen molar-refractivity contribution >= 4 is 33.3 Å². The number of rotatable bonds is 5. The summed E-state index contributed by atoms with van der Waals surface area (Å²) in [7, 11) is 0. The number of nitro benzene ring substituents is 1. The van der Waals surface area contributed by atoms with Gasteiger partial charge in [-0.25, -0.2) is 0 Å². The number of carboxylic acid groups (broad SMARTS) is 1. The molecule has 6 nitrogen and oxygen atoms in total. The molecule has 0 amide bonds. The Labute approximate surface area is 106 Å². The number of hydrogen-bond donors (Lipinski definition) is 1. The van der Waals surface area contributed by atoms with E-state index in [9.17, 15) is 14.9 Å². The number of benzene rings is 1. The summed E-state index contributed by atoms with van der Waals surface area (Å²) in [4.78, 5) is 22.3. The second kappa shape index (κ2) is 5.62. The van der Waals surface area contributed by atoms with Crippen LogP contribution in [0.4, 0.5) is 11.4 Å². The molecule has 0 aliphatic carbocycles. The summed E-state index contributed by atoms with van der Waals surface area (Å²) in [5, 5.41) is 19.3. The van der Waals surface area contributed by atoms with E-state index in [0.717, 1.165) is 0 Å². The van der Waals surface area contributed by atoms with E-state index in [1.54, 1.807) is 4.90 Å². The van der Waals surface area contributed by atoms with Crippen LogP contribution in [0.3, 0.4) is 0 Å². The van der Waals surface area contributed by atoms with Crippen LogP contribution < -0.4 is 4.90 Å². The Bertz CT molecular complexity index is 450. The molecule has 0 saturated carbocycles. The SMILES string of the molecule is CCN(CC(=O)O)c1ccc([N+](=O)[O-])cc1Br. The molecule has 7 heteroatoms. The molecule has 0 aliphatic rings. The van der Waals surface area contributed by atoms with Gasteiger partial charge in [-0.1, -0.05) is 0 Å². The van der Waals surface area contributed by atoms with Gasteiger partial charge in [-0.3, -0.25) is 14.9 Å². The maximum atomic E-state index is 10.7. The molecule has 0 radical (unpaired) electrons. The van der Waals surface area contributed by atoms with Crippen molar-refractivity contribution in [2.24, 2.45) is 0 Å². The van der Waals surface area contributed by atoms with E-state index in [1.165, 1.54) is 18.2 Å². The Morgan fingerprint density at radius 1 is 1.59 bits per heavy atom. The number of halogens is 1. The first-order chi connectivity index (χ1) is 7.95. The molecule has 0 unspecified atom stereocenters. The van der Waals surface area contributed by atoms with Crippen LogP contribution in [-0.4, -0.2) is 29.1 Å². The molecule has 1 aromatic rings. The molecule has 0 spiro atoms. The van der Waals surface area contributed by atoms with Gasteiger partial charge in [-0.05, 0) is 28.9 Å². The number of anilines is 1. The maximum Gasteiger partial charge on any atom is 0.323 e. The molecular weight excluding hydrogens is 292 g/mol. The quantitative estimate of drug-likeness (QED) is 0.666. The molecule has 1 rings (SSSR count). The van der Waals surface area contributed by atoms with E-state index in [2.05, 4.69) is 15.9 Å². The lowest BCUT2D eigenvalue weighted by Gasteiger charge is -2.21. The average Bonchev–Trinajstić information content (AvgIpc) is 2.25. The molecule has 0 atom stereocenters. The van der Waals surface area contributed by atoms with Gasteiger partial charge in [0, 0.05) is 23.2 Å². The number of nitrogens with zero attached hydrogens (tertiary/aromatic N) is 2. The summed E-state index contributed by atoms with van der Waals surface area (Å²) in [6, 6.07) is 4.25. The first-order valence-electron chi connectivity index (χ1n) is 4.86. The minimum atomic E-state index is -0.947. The van der Waals surface area contributed by atoms with Gasteiger partial charge in [0.25, 0.3) is 5.69 Å². The maximum absolute atomic E-state index is 10.7. The summed E-state index contributed by atoms with van der Waals surface area (Å²) in [6.07, 6.45) is 0. The number of carboxylic acids is 1. The molecule has 0 heterocycles. The first kappa shape index (κ1) is 13.4. The number of hydrogen-bond acceptors (Lipinski definition) is 4. The van der Waals surface area contributed by atoms with Crippen LogP contribution in [0.25, 0.3) is 0 Å². The second-order valence-corrected chi connectivity index (χ2v) is 4.16. The highest BCUT2D eigenvalue weighted by atomic mass is 79.9. The third kappa shape index (κ3) is 3.42. The summed E-state index contributed by atoms with van der Waals surface area (Å²) >= 11 is 3.21. The summed E-state index contributed by atoms with van der Waals surface area (Å²) in [6.45, 7) is 2.17. The number of carbonyl (C=O) groups is 1. The number of nitro groups is 1. The van der Waals surface area contributed by atoms with Gasteiger partial charge < -0.3 is 10.0 Å². The van der Waals surface area contributed by atoms with Gasteiger partial charge in [-0.15, -0.1) is 0 Å². The van der Waals surface area contributed by atoms with E-state index >= 15 is 0 Å². The summed E-state index contributed by atoms with van der Waals surface area (Å²) in [5.41, 5.74) is 0.590. The van der Waals surface area contributed by atoms with E-state index in [4.69, 9.17) is 5.11 Å². The third-order valence-electron chi connectivity index (χ3n) is 2.19. The predicted molar refractivity (Wildman–Crippen MR) is 66.3 cm³/mol. The lowest BCUT2D eigenvalue weighted by molar-refractivity contribution is -0.384. The number of aliphatic carboxylic acids is 1. The first-order valence-corrected chi connectivity index (χ1v) is 5.65. The minimum Gasteiger partial charge on any atom is -0.480 e. The lowest BCUT2D eigenvalue weighted by atomic mass is 10.2. The minimum absolute atomic E-state index is 0.0352. The Balaban J connectivity index is 3.04. The Kier molecular flexibility index (Phi) is 4.45. The van der Waals surface area contributed by atoms with Crippen LogP contribution in [0.1, 0.15) is 6.92 Å². The van der Waals surface area contributed by atoms with E-state index in [0.29, 0.717) is 16.7 Å². The number of non-ortho nitro benzene ring substituents is 1. The van der Waals surface area contributed by atoms with Crippen molar-refractivity contribution in [3.05, 3.63) is 32.8 Å². The van der Waals surface area contributed by atoms with Crippen molar-refractivity contribution in [3.8, 4) is 0 Å². The van der Waals surface area contributed by atoms with E-state index in [-0.39, 0.29) is 12.2 Å². The Hall–Kier alpha value is -1.63. The molecule has 92 valence electrons. The average molecular weight is 303 g/mol. The zero-order valence-corrected chi connectivity index (χ0v) is 10.7. The fourth-order valence-electron chi connectivity index (χ4n) is 1.40. The van der Waals surface area contributed by atoms with Gasteiger partial charge in [-0.2, -0.15) is 0 Å². The highest BCUT2D eigenvalue weighted by molar-refractivity contribution is 9.10. The lowest BCUT2D eigenvalue weighted by Crippen LogP contribution is -2.29. The monoisotopic (exact) mass is 302 g/mol. The van der Waals surface area contributed by atoms with Crippen molar-refractivity contribution in [3.63, 3.8) is 0 Å². The predicted octanol–water partition coefficient (Wildman–Crippen LogP) is 2.27.